The largest absolute Gasteiger partial charge is 0.478 e. The molecule has 0 aliphatic carbocycles. The number of anilines is 1. The van der Waals surface area contributed by atoms with Crippen LogP contribution in [0.2, 0.25) is 5.02 Å². The zero-order valence-corrected chi connectivity index (χ0v) is 12.0. The Hall–Kier alpha value is -1.22. The molecule has 0 radical (unpaired) electrons. The van der Waals surface area contributed by atoms with Crippen LogP contribution in [0.25, 0.3) is 0 Å². The Kier molecular flexibility index (Phi) is 5.03. The molecule has 4 heteroatoms. The molecule has 1 N–H and O–H groups in total. The summed E-state index contributed by atoms with van der Waals surface area (Å²) in [6.45, 7) is 9.39. The predicted molar refractivity (Wildman–Crippen MR) is 75.7 cm³/mol. The van der Waals surface area contributed by atoms with E-state index in [1.807, 2.05) is 0 Å². The van der Waals surface area contributed by atoms with Gasteiger partial charge in [-0.3, -0.25) is 0 Å². The molecule has 0 saturated carbocycles. The zero-order chi connectivity index (χ0) is 13.9. The summed E-state index contributed by atoms with van der Waals surface area (Å²) in [7, 11) is 0. The summed E-state index contributed by atoms with van der Waals surface area (Å²) in [5.41, 5.74) is 1.11. The number of hydrogen-bond donors (Lipinski definition) is 1. The minimum Gasteiger partial charge on any atom is -0.478 e. The molecule has 0 aliphatic heterocycles. The number of carboxylic acids is 1. The topological polar surface area (TPSA) is 40.5 Å². The molecule has 1 aromatic carbocycles. The van der Waals surface area contributed by atoms with Crippen LogP contribution in [0.3, 0.4) is 0 Å². The molecule has 3 nitrogen and oxygen atoms in total. The van der Waals surface area contributed by atoms with E-state index < -0.39 is 5.97 Å². The van der Waals surface area contributed by atoms with Crippen LogP contribution in [0.5, 0.6) is 0 Å². The van der Waals surface area contributed by atoms with Crippen molar-refractivity contribution < 1.29 is 9.90 Å². The van der Waals surface area contributed by atoms with E-state index >= 15 is 0 Å². The summed E-state index contributed by atoms with van der Waals surface area (Å²) in [4.78, 5) is 13.1. The van der Waals surface area contributed by atoms with Crippen molar-refractivity contribution in [2.75, 3.05) is 11.4 Å². The average molecular weight is 270 g/mol. The van der Waals surface area contributed by atoms with Gasteiger partial charge in [0.25, 0.3) is 0 Å². The van der Waals surface area contributed by atoms with Crippen LogP contribution in [0.15, 0.2) is 18.2 Å². The second kappa shape index (κ2) is 6.10. The van der Waals surface area contributed by atoms with E-state index in [0.717, 1.165) is 12.2 Å². The molecule has 0 aromatic heterocycles. The maximum Gasteiger partial charge on any atom is 0.335 e. The van der Waals surface area contributed by atoms with Crippen molar-refractivity contribution in [1.82, 2.24) is 0 Å². The first-order chi connectivity index (χ1) is 8.32. The van der Waals surface area contributed by atoms with E-state index in [1.54, 1.807) is 12.1 Å². The van der Waals surface area contributed by atoms with Crippen molar-refractivity contribution in [1.29, 1.82) is 0 Å². The Bertz CT molecular complexity index is 430. The van der Waals surface area contributed by atoms with Crippen molar-refractivity contribution in [3.63, 3.8) is 0 Å². The Labute approximate surface area is 113 Å². The highest BCUT2D eigenvalue weighted by atomic mass is 35.5. The van der Waals surface area contributed by atoms with E-state index in [1.165, 1.54) is 6.07 Å². The first-order valence-corrected chi connectivity index (χ1v) is 6.50. The van der Waals surface area contributed by atoms with Gasteiger partial charge in [0.2, 0.25) is 0 Å². The van der Waals surface area contributed by atoms with Gasteiger partial charge in [0.05, 0.1) is 16.3 Å². The molecule has 0 atom stereocenters. The van der Waals surface area contributed by atoms with E-state index in [2.05, 4.69) is 32.6 Å². The molecular formula is C14H20ClNO2. The molecule has 0 unspecified atom stereocenters. The third-order valence-corrected chi connectivity index (χ3v) is 2.99. The van der Waals surface area contributed by atoms with Crippen molar-refractivity contribution in [3.8, 4) is 0 Å². The summed E-state index contributed by atoms with van der Waals surface area (Å²) in [6, 6.07) is 5.21. The number of halogens is 1. The van der Waals surface area contributed by atoms with Gasteiger partial charge in [-0.2, -0.15) is 0 Å². The molecule has 0 bridgehead atoms. The van der Waals surface area contributed by atoms with Gasteiger partial charge in [-0.25, -0.2) is 4.79 Å². The molecule has 0 aliphatic rings. The first-order valence-electron chi connectivity index (χ1n) is 6.12. The lowest BCUT2D eigenvalue weighted by atomic mass is 10.1. The van der Waals surface area contributed by atoms with Crippen LogP contribution in [-0.2, 0) is 0 Å². The fraction of sp³-hybridized carbons (Fsp3) is 0.500. The SMILES string of the molecule is CC(C)CN(c1ccc(C(=O)O)cc1Cl)C(C)C. The highest BCUT2D eigenvalue weighted by molar-refractivity contribution is 6.33. The van der Waals surface area contributed by atoms with Gasteiger partial charge < -0.3 is 10.0 Å². The molecule has 0 fully saturated rings. The number of benzene rings is 1. The number of carbonyl (C=O) groups is 1. The van der Waals surface area contributed by atoms with Gasteiger partial charge in [-0.05, 0) is 38.0 Å². The van der Waals surface area contributed by atoms with Crippen LogP contribution in [0.1, 0.15) is 38.1 Å². The van der Waals surface area contributed by atoms with Gasteiger partial charge in [-0.1, -0.05) is 25.4 Å². The fourth-order valence-electron chi connectivity index (χ4n) is 1.85. The maximum absolute atomic E-state index is 10.9. The second-order valence-corrected chi connectivity index (χ2v) is 5.52. The Morgan fingerprint density at radius 1 is 1.33 bits per heavy atom. The van der Waals surface area contributed by atoms with E-state index in [9.17, 15) is 4.79 Å². The molecular weight excluding hydrogens is 250 g/mol. The summed E-state index contributed by atoms with van der Waals surface area (Å²) >= 11 is 6.19. The molecule has 0 heterocycles. The highest BCUT2D eigenvalue weighted by Gasteiger charge is 2.16. The number of rotatable bonds is 5. The molecule has 1 rings (SSSR count). The lowest BCUT2D eigenvalue weighted by Crippen LogP contribution is -2.34. The normalized spacial score (nSPS) is 11.1. The smallest absolute Gasteiger partial charge is 0.335 e. The van der Waals surface area contributed by atoms with Crippen molar-refractivity contribution in [2.45, 2.75) is 33.7 Å². The number of nitrogens with zero attached hydrogens (tertiary/aromatic N) is 1. The van der Waals surface area contributed by atoms with E-state index in [-0.39, 0.29) is 5.56 Å². The molecule has 0 spiro atoms. The Morgan fingerprint density at radius 3 is 2.33 bits per heavy atom. The Morgan fingerprint density at radius 2 is 1.94 bits per heavy atom. The van der Waals surface area contributed by atoms with E-state index in [0.29, 0.717) is 17.0 Å². The summed E-state index contributed by atoms with van der Waals surface area (Å²) < 4.78 is 0. The minimum atomic E-state index is -0.955. The van der Waals surface area contributed by atoms with Crippen LogP contribution >= 0.6 is 11.6 Å². The highest BCUT2D eigenvalue weighted by Crippen LogP contribution is 2.29. The molecule has 0 saturated heterocycles. The van der Waals surface area contributed by atoms with Gasteiger partial charge in [0.15, 0.2) is 0 Å². The minimum absolute atomic E-state index is 0.219. The molecule has 18 heavy (non-hydrogen) atoms. The standard InChI is InChI=1S/C14H20ClNO2/c1-9(2)8-16(10(3)4)13-6-5-11(14(17)18)7-12(13)15/h5-7,9-10H,8H2,1-4H3,(H,17,18). The van der Waals surface area contributed by atoms with Crippen LogP contribution < -0.4 is 4.90 Å². The monoisotopic (exact) mass is 269 g/mol. The fourth-order valence-corrected chi connectivity index (χ4v) is 2.14. The number of hydrogen-bond acceptors (Lipinski definition) is 2. The molecule has 1 aromatic rings. The van der Waals surface area contributed by atoms with Crippen molar-refractivity contribution >= 4 is 23.3 Å². The average Bonchev–Trinajstić information content (AvgIpc) is 2.25. The van der Waals surface area contributed by atoms with E-state index in [4.69, 9.17) is 16.7 Å². The lowest BCUT2D eigenvalue weighted by molar-refractivity contribution is 0.0697. The molecule has 0 amide bonds. The van der Waals surface area contributed by atoms with Crippen LogP contribution in [0.4, 0.5) is 5.69 Å². The summed E-state index contributed by atoms with van der Waals surface area (Å²) in [6.07, 6.45) is 0. The van der Waals surface area contributed by atoms with Crippen LogP contribution in [0, 0.1) is 5.92 Å². The first kappa shape index (κ1) is 14.8. The number of carboxylic acid groups (broad SMARTS) is 1. The zero-order valence-electron chi connectivity index (χ0n) is 11.3. The second-order valence-electron chi connectivity index (χ2n) is 5.11. The molecule has 100 valence electrons. The van der Waals surface area contributed by atoms with Crippen molar-refractivity contribution in [3.05, 3.63) is 28.8 Å². The van der Waals surface area contributed by atoms with Gasteiger partial charge in [0, 0.05) is 12.6 Å². The quantitative estimate of drug-likeness (QED) is 0.881. The summed E-state index contributed by atoms with van der Waals surface area (Å²) in [5, 5.41) is 9.41. The van der Waals surface area contributed by atoms with Gasteiger partial charge in [0.1, 0.15) is 0 Å². The van der Waals surface area contributed by atoms with Gasteiger partial charge in [-0.15, -0.1) is 0 Å². The van der Waals surface area contributed by atoms with Crippen molar-refractivity contribution in [2.24, 2.45) is 5.92 Å². The maximum atomic E-state index is 10.9. The predicted octanol–water partition coefficient (Wildman–Crippen LogP) is 3.91. The Balaban J connectivity index is 3.09. The third-order valence-electron chi connectivity index (χ3n) is 2.69. The van der Waals surface area contributed by atoms with Crippen LogP contribution in [-0.4, -0.2) is 23.7 Å². The lowest BCUT2D eigenvalue weighted by Gasteiger charge is -2.31. The number of aromatic carboxylic acids is 1. The van der Waals surface area contributed by atoms with Gasteiger partial charge >= 0.3 is 5.97 Å². The summed E-state index contributed by atoms with van der Waals surface area (Å²) in [5.74, 6) is -0.439. The third kappa shape index (κ3) is 3.64.